The molecule has 0 unspecified atom stereocenters. The summed E-state index contributed by atoms with van der Waals surface area (Å²) in [7, 11) is 0. The number of ketones is 1. The molecule has 0 atom stereocenters. The van der Waals surface area contributed by atoms with Gasteiger partial charge in [0.25, 0.3) is 0 Å². The summed E-state index contributed by atoms with van der Waals surface area (Å²) < 4.78 is 5.54. The third-order valence-electron chi connectivity index (χ3n) is 4.95. The Morgan fingerprint density at radius 3 is 2.20 bits per heavy atom. The van der Waals surface area contributed by atoms with Crippen molar-refractivity contribution in [3.63, 3.8) is 0 Å². The van der Waals surface area contributed by atoms with Crippen molar-refractivity contribution in [3.05, 3.63) is 89.4 Å². The number of benzene rings is 2. The first-order chi connectivity index (χ1) is 14.2. The lowest BCUT2D eigenvalue weighted by Crippen LogP contribution is -2.33. The van der Waals surface area contributed by atoms with Gasteiger partial charge in [0, 0.05) is 17.8 Å². The van der Waals surface area contributed by atoms with Gasteiger partial charge in [-0.15, -0.1) is 0 Å². The maximum atomic E-state index is 11.5. The van der Waals surface area contributed by atoms with E-state index >= 15 is 0 Å². The molecular weight excluding hydrogens is 392 g/mol. The zero-order valence-corrected chi connectivity index (χ0v) is 18.8. The number of carbonyl (C=O) groups is 1. The van der Waals surface area contributed by atoms with Gasteiger partial charge in [-0.25, -0.2) is 0 Å². The molecule has 0 spiro atoms. The molecule has 3 rings (SSSR count). The number of carbonyl (C=O) groups excluding carboxylic acids is 1. The summed E-state index contributed by atoms with van der Waals surface area (Å²) in [6.45, 7) is 9.40. The molecule has 5 heteroatoms. The summed E-state index contributed by atoms with van der Waals surface area (Å²) in [5.41, 5.74) is 4.12. The zero-order chi connectivity index (χ0) is 21.7. The molecule has 0 radical (unpaired) electrons. The number of anilines is 1. The average Bonchev–Trinajstić information content (AvgIpc) is 3.21. The summed E-state index contributed by atoms with van der Waals surface area (Å²) >= 11 is 5.71. The van der Waals surface area contributed by atoms with Gasteiger partial charge in [0.15, 0.2) is 10.9 Å². The number of thiocarbonyl (C=S) groups is 1. The average molecular weight is 421 g/mol. The number of rotatable bonds is 6. The Morgan fingerprint density at radius 2 is 1.67 bits per heavy atom. The van der Waals surface area contributed by atoms with E-state index in [1.807, 2.05) is 24.3 Å². The summed E-state index contributed by atoms with van der Waals surface area (Å²) in [6.07, 6.45) is 1.67. The highest BCUT2D eigenvalue weighted by Crippen LogP contribution is 2.23. The van der Waals surface area contributed by atoms with Crippen LogP contribution in [0, 0.1) is 0 Å². The normalized spacial score (nSPS) is 11.2. The Morgan fingerprint density at radius 1 is 1.00 bits per heavy atom. The third kappa shape index (κ3) is 5.80. The predicted molar refractivity (Wildman–Crippen MR) is 126 cm³/mol. The minimum absolute atomic E-state index is 0.0438. The summed E-state index contributed by atoms with van der Waals surface area (Å²) in [5, 5.41) is 3.88. The highest BCUT2D eigenvalue weighted by Gasteiger charge is 2.16. The van der Waals surface area contributed by atoms with Crippen LogP contribution < -0.4 is 5.32 Å². The maximum Gasteiger partial charge on any atom is 0.174 e. The molecule has 0 aliphatic carbocycles. The molecule has 0 amide bonds. The molecule has 1 N–H and O–H groups in total. The lowest BCUT2D eigenvalue weighted by molar-refractivity contribution is 0.101. The Labute approximate surface area is 183 Å². The van der Waals surface area contributed by atoms with Crippen molar-refractivity contribution in [2.24, 2.45) is 0 Å². The highest BCUT2D eigenvalue weighted by atomic mass is 32.1. The van der Waals surface area contributed by atoms with Crippen molar-refractivity contribution in [1.29, 1.82) is 0 Å². The number of Topliss-reactive ketones (excluding diaryl/α,β-unsaturated/α-hetero) is 1. The Balaban J connectivity index is 1.76. The van der Waals surface area contributed by atoms with Crippen LogP contribution in [0.1, 0.15) is 54.9 Å². The molecule has 0 aliphatic rings. The van der Waals surface area contributed by atoms with Crippen molar-refractivity contribution in [2.75, 3.05) is 5.32 Å². The second kappa shape index (κ2) is 9.26. The van der Waals surface area contributed by atoms with Crippen molar-refractivity contribution < 1.29 is 9.21 Å². The Hall–Kier alpha value is -2.92. The molecule has 0 bridgehead atoms. The minimum Gasteiger partial charge on any atom is -0.467 e. The fourth-order valence-electron chi connectivity index (χ4n) is 3.11. The van der Waals surface area contributed by atoms with E-state index in [0.717, 1.165) is 11.4 Å². The SMILES string of the molecule is CC(=O)c1ccc(NC(=S)N(Cc2ccc(C(C)(C)C)cc2)Cc2ccco2)cc1. The molecular formula is C25H28N2O2S. The molecule has 0 fully saturated rings. The molecule has 2 aromatic carbocycles. The van der Waals surface area contributed by atoms with Crippen LogP contribution in [0.15, 0.2) is 71.3 Å². The van der Waals surface area contributed by atoms with Crippen molar-refractivity contribution >= 4 is 28.8 Å². The standard InChI is InChI=1S/C25H28N2O2S/c1-18(28)20-9-13-22(14-10-20)26-24(30)27(17-23-6-5-15-29-23)16-19-7-11-21(12-8-19)25(2,3)4/h5-15H,16-17H2,1-4H3,(H,26,30). The zero-order valence-electron chi connectivity index (χ0n) is 17.9. The number of nitrogens with one attached hydrogen (secondary N) is 1. The van der Waals surface area contributed by atoms with E-state index in [2.05, 4.69) is 55.3 Å². The largest absolute Gasteiger partial charge is 0.467 e. The number of hydrogen-bond donors (Lipinski definition) is 1. The summed E-state index contributed by atoms with van der Waals surface area (Å²) in [6, 6.07) is 19.8. The van der Waals surface area contributed by atoms with Gasteiger partial charge in [-0.1, -0.05) is 45.0 Å². The van der Waals surface area contributed by atoms with Gasteiger partial charge >= 0.3 is 0 Å². The van der Waals surface area contributed by atoms with Crippen LogP contribution in [0.4, 0.5) is 5.69 Å². The van der Waals surface area contributed by atoms with E-state index in [9.17, 15) is 4.79 Å². The van der Waals surface area contributed by atoms with Crippen LogP contribution in [0.5, 0.6) is 0 Å². The van der Waals surface area contributed by atoms with Crippen molar-refractivity contribution in [1.82, 2.24) is 4.90 Å². The van der Waals surface area contributed by atoms with Gasteiger partial charge in [0.1, 0.15) is 5.76 Å². The fourth-order valence-corrected chi connectivity index (χ4v) is 3.36. The van der Waals surface area contributed by atoms with Gasteiger partial charge in [0.2, 0.25) is 0 Å². The molecule has 0 saturated heterocycles. The van der Waals surface area contributed by atoms with Crippen LogP contribution >= 0.6 is 12.2 Å². The van der Waals surface area contributed by atoms with Crippen LogP contribution in [0.2, 0.25) is 0 Å². The van der Waals surface area contributed by atoms with Gasteiger partial charge in [-0.3, -0.25) is 4.79 Å². The quantitative estimate of drug-likeness (QED) is 0.381. The third-order valence-corrected chi connectivity index (χ3v) is 5.31. The number of hydrogen-bond acceptors (Lipinski definition) is 3. The minimum atomic E-state index is 0.0438. The van der Waals surface area contributed by atoms with Crippen LogP contribution in [-0.4, -0.2) is 15.8 Å². The van der Waals surface area contributed by atoms with E-state index in [1.54, 1.807) is 25.3 Å². The first-order valence-corrected chi connectivity index (χ1v) is 10.4. The topological polar surface area (TPSA) is 45.5 Å². The monoisotopic (exact) mass is 420 g/mol. The molecule has 1 heterocycles. The maximum absolute atomic E-state index is 11.5. The van der Waals surface area contributed by atoms with Crippen molar-refractivity contribution in [2.45, 2.75) is 46.2 Å². The number of nitrogens with zero attached hydrogens (tertiary/aromatic N) is 1. The molecule has 4 nitrogen and oxygen atoms in total. The molecule has 3 aromatic rings. The van der Waals surface area contributed by atoms with Crippen LogP contribution in [-0.2, 0) is 18.5 Å². The molecule has 30 heavy (non-hydrogen) atoms. The smallest absolute Gasteiger partial charge is 0.174 e. The van der Waals surface area contributed by atoms with E-state index in [-0.39, 0.29) is 11.2 Å². The fraction of sp³-hybridized carbons (Fsp3) is 0.280. The van der Waals surface area contributed by atoms with Gasteiger partial charge < -0.3 is 14.6 Å². The molecule has 0 saturated carbocycles. The Bertz CT molecular complexity index is 985. The van der Waals surface area contributed by atoms with Crippen molar-refractivity contribution in [3.8, 4) is 0 Å². The lowest BCUT2D eigenvalue weighted by Gasteiger charge is -2.26. The lowest BCUT2D eigenvalue weighted by atomic mass is 9.87. The molecule has 156 valence electrons. The van der Waals surface area contributed by atoms with Gasteiger partial charge in [-0.05, 0) is 72.1 Å². The van der Waals surface area contributed by atoms with E-state index in [1.165, 1.54) is 11.1 Å². The van der Waals surface area contributed by atoms with E-state index in [0.29, 0.717) is 23.8 Å². The molecule has 0 aliphatic heterocycles. The predicted octanol–water partition coefficient (Wildman–Crippen LogP) is 6.18. The molecule has 1 aromatic heterocycles. The summed E-state index contributed by atoms with van der Waals surface area (Å²) in [5.74, 6) is 0.889. The second-order valence-electron chi connectivity index (χ2n) is 8.45. The van der Waals surface area contributed by atoms with Gasteiger partial charge in [-0.2, -0.15) is 0 Å². The van der Waals surface area contributed by atoms with E-state index < -0.39 is 0 Å². The Kier molecular flexibility index (Phi) is 6.73. The van der Waals surface area contributed by atoms with Gasteiger partial charge in [0.05, 0.1) is 12.8 Å². The first kappa shape index (κ1) is 21.8. The highest BCUT2D eigenvalue weighted by molar-refractivity contribution is 7.80. The summed E-state index contributed by atoms with van der Waals surface area (Å²) in [4.78, 5) is 13.6. The van der Waals surface area contributed by atoms with Crippen LogP contribution in [0.25, 0.3) is 0 Å². The second-order valence-corrected chi connectivity index (χ2v) is 8.83. The van der Waals surface area contributed by atoms with Crippen LogP contribution in [0.3, 0.4) is 0 Å². The number of furan rings is 1. The van der Waals surface area contributed by atoms with E-state index in [4.69, 9.17) is 16.6 Å². The first-order valence-electron chi connectivity index (χ1n) is 10.0.